The van der Waals surface area contributed by atoms with Crippen molar-refractivity contribution < 1.29 is 4.79 Å². The maximum atomic E-state index is 11.8. The first-order valence-electron chi connectivity index (χ1n) is 7.63. The Morgan fingerprint density at radius 1 is 1.20 bits per heavy atom. The van der Waals surface area contributed by atoms with Gasteiger partial charge in [0, 0.05) is 44.5 Å². The van der Waals surface area contributed by atoms with Crippen LogP contribution in [0.5, 0.6) is 0 Å². The minimum atomic E-state index is 0.340. The molecule has 3 rings (SSSR count). The predicted octanol–water partition coefficient (Wildman–Crippen LogP) is 1.63. The van der Waals surface area contributed by atoms with Crippen LogP contribution in [0.25, 0.3) is 0 Å². The zero-order chi connectivity index (χ0) is 13.9. The number of hydrogen-bond donors (Lipinski definition) is 0. The summed E-state index contributed by atoms with van der Waals surface area (Å²) in [4.78, 5) is 25.0. The smallest absolute Gasteiger partial charge is 0.225 e. The van der Waals surface area contributed by atoms with Gasteiger partial charge in [0.2, 0.25) is 11.9 Å². The highest BCUT2D eigenvalue weighted by molar-refractivity contribution is 5.78. The van der Waals surface area contributed by atoms with Gasteiger partial charge in [-0.3, -0.25) is 4.79 Å². The first-order valence-corrected chi connectivity index (χ1v) is 7.63. The maximum Gasteiger partial charge on any atom is 0.225 e. The third-order valence-corrected chi connectivity index (χ3v) is 4.40. The van der Waals surface area contributed by atoms with Crippen molar-refractivity contribution in [3.8, 4) is 0 Å². The standard InChI is InChI=1S/C15H22N4O/c1-2-12-10-16-15(17-11-12)18-8-5-13(6-9-18)19-7-3-4-14(19)20/h10-11,13H,2-9H2,1H3. The van der Waals surface area contributed by atoms with Crippen LogP contribution in [0.4, 0.5) is 5.95 Å². The van der Waals surface area contributed by atoms with Gasteiger partial charge in [0.1, 0.15) is 0 Å². The predicted molar refractivity (Wildman–Crippen MR) is 77.6 cm³/mol. The topological polar surface area (TPSA) is 49.3 Å². The molecular weight excluding hydrogens is 252 g/mol. The van der Waals surface area contributed by atoms with E-state index < -0.39 is 0 Å². The van der Waals surface area contributed by atoms with Crippen LogP contribution in [0.15, 0.2) is 12.4 Å². The molecule has 0 bridgehead atoms. The van der Waals surface area contributed by atoms with Crippen LogP contribution in [0.2, 0.25) is 0 Å². The first kappa shape index (κ1) is 13.3. The van der Waals surface area contributed by atoms with Gasteiger partial charge in [-0.15, -0.1) is 0 Å². The van der Waals surface area contributed by atoms with Crippen LogP contribution in [0.3, 0.4) is 0 Å². The molecule has 0 spiro atoms. The Kier molecular flexibility index (Phi) is 3.85. The van der Waals surface area contributed by atoms with E-state index in [0.717, 1.165) is 57.7 Å². The van der Waals surface area contributed by atoms with E-state index in [0.29, 0.717) is 11.9 Å². The van der Waals surface area contributed by atoms with Crippen molar-refractivity contribution in [1.82, 2.24) is 14.9 Å². The molecule has 0 radical (unpaired) electrons. The van der Waals surface area contributed by atoms with Crippen molar-refractivity contribution >= 4 is 11.9 Å². The zero-order valence-corrected chi connectivity index (χ0v) is 12.1. The average Bonchev–Trinajstić information content (AvgIpc) is 2.94. The molecule has 0 aliphatic carbocycles. The molecule has 2 saturated heterocycles. The summed E-state index contributed by atoms with van der Waals surface area (Å²) in [6.07, 6.45) is 8.63. The lowest BCUT2D eigenvalue weighted by molar-refractivity contribution is -0.130. The molecule has 0 atom stereocenters. The quantitative estimate of drug-likeness (QED) is 0.840. The van der Waals surface area contributed by atoms with Gasteiger partial charge in [-0.05, 0) is 31.2 Å². The molecule has 5 heteroatoms. The Hall–Kier alpha value is -1.65. The first-order chi connectivity index (χ1) is 9.78. The average molecular weight is 274 g/mol. The number of anilines is 1. The molecule has 0 unspecified atom stereocenters. The van der Waals surface area contributed by atoms with Crippen molar-refractivity contribution in [1.29, 1.82) is 0 Å². The SMILES string of the molecule is CCc1cnc(N2CCC(N3CCCC3=O)CC2)nc1. The highest BCUT2D eigenvalue weighted by Gasteiger charge is 2.31. The third kappa shape index (κ3) is 2.62. The number of piperidine rings is 1. The van der Waals surface area contributed by atoms with E-state index >= 15 is 0 Å². The fourth-order valence-electron chi connectivity index (χ4n) is 3.13. The summed E-state index contributed by atoms with van der Waals surface area (Å²) >= 11 is 0. The Morgan fingerprint density at radius 3 is 2.45 bits per heavy atom. The summed E-state index contributed by atoms with van der Waals surface area (Å²) < 4.78 is 0. The summed E-state index contributed by atoms with van der Waals surface area (Å²) in [6.45, 7) is 4.95. The van der Waals surface area contributed by atoms with Gasteiger partial charge in [-0.25, -0.2) is 9.97 Å². The normalized spacial score (nSPS) is 20.8. The molecular formula is C15H22N4O. The molecule has 3 heterocycles. The molecule has 0 saturated carbocycles. The number of amides is 1. The molecule has 2 aliphatic rings. The second kappa shape index (κ2) is 5.77. The molecule has 1 aromatic rings. The summed E-state index contributed by atoms with van der Waals surface area (Å²) in [7, 11) is 0. The summed E-state index contributed by atoms with van der Waals surface area (Å²) in [5.74, 6) is 1.17. The monoisotopic (exact) mass is 274 g/mol. The number of hydrogen-bond acceptors (Lipinski definition) is 4. The molecule has 1 amide bonds. The van der Waals surface area contributed by atoms with Crippen LogP contribution in [0, 0.1) is 0 Å². The number of rotatable bonds is 3. The van der Waals surface area contributed by atoms with Gasteiger partial charge in [-0.1, -0.05) is 6.92 Å². The Labute approximate surface area is 120 Å². The lowest BCUT2D eigenvalue weighted by Gasteiger charge is -2.36. The van der Waals surface area contributed by atoms with Crippen molar-refractivity contribution in [2.24, 2.45) is 0 Å². The van der Waals surface area contributed by atoms with Gasteiger partial charge in [-0.2, -0.15) is 0 Å². The lowest BCUT2D eigenvalue weighted by Crippen LogP contribution is -2.45. The highest BCUT2D eigenvalue weighted by atomic mass is 16.2. The minimum absolute atomic E-state index is 0.340. The van der Waals surface area contributed by atoms with E-state index in [1.807, 2.05) is 12.4 Å². The largest absolute Gasteiger partial charge is 0.341 e. The lowest BCUT2D eigenvalue weighted by atomic mass is 10.0. The second-order valence-electron chi connectivity index (χ2n) is 5.65. The van der Waals surface area contributed by atoms with Gasteiger partial charge in [0.05, 0.1) is 0 Å². The number of nitrogens with zero attached hydrogens (tertiary/aromatic N) is 4. The van der Waals surface area contributed by atoms with Crippen LogP contribution >= 0.6 is 0 Å². The van der Waals surface area contributed by atoms with Crippen molar-refractivity contribution in [3.05, 3.63) is 18.0 Å². The molecule has 108 valence electrons. The van der Waals surface area contributed by atoms with Gasteiger partial charge < -0.3 is 9.80 Å². The number of carbonyl (C=O) groups is 1. The Balaban J connectivity index is 1.58. The van der Waals surface area contributed by atoms with E-state index in [4.69, 9.17) is 0 Å². The molecule has 0 aromatic carbocycles. The molecule has 5 nitrogen and oxygen atoms in total. The van der Waals surface area contributed by atoms with Crippen molar-refractivity contribution in [3.63, 3.8) is 0 Å². The minimum Gasteiger partial charge on any atom is -0.341 e. The fourth-order valence-corrected chi connectivity index (χ4v) is 3.13. The second-order valence-corrected chi connectivity index (χ2v) is 5.65. The Morgan fingerprint density at radius 2 is 1.90 bits per heavy atom. The van der Waals surface area contributed by atoms with Crippen molar-refractivity contribution in [2.75, 3.05) is 24.5 Å². The zero-order valence-electron chi connectivity index (χ0n) is 12.1. The molecule has 2 fully saturated rings. The van der Waals surface area contributed by atoms with E-state index in [1.165, 1.54) is 5.56 Å². The maximum absolute atomic E-state index is 11.8. The van der Waals surface area contributed by atoms with Crippen molar-refractivity contribution in [2.45, 2.75) is 45.1 Å². The van der Waals surface area contributed by atoms with Crippen LogP contribution < -0.4 is 4.90 Å². The van der Waals surface area contributed by atoms with E-state index in [2.05, 4.69) is 26.7 Å². The van der Waals surface area contributed by atoms with Gasteiger partial charge >= 0.3 is 0 Å². The van der Waals surface area contributed by atoms with Crippen LogP contribution in [0.1, 0.15) is 38.2 Å². The summed E-state index contributed by atoms with van der Waals surface area (Å²) in [6, 6.07) is 0.427. The molecule has 20 heavy (non-hydrogen) atoms. The van der Waals surface area contributed by atoms with E-state index in [1.54, 1.807) is 0 Å². The number of carbonyl (C=O) groups excluding carboxylic acids is 1. The van der Waals surface area contributed by atoms with E-state index in [9.17, 15) is 4.79 Å². The number of likely N-dealkylation sites (tertiary alicyclic amines) is 1. The highest BCUT2D eigenvalue weighted by Crippen LogP contribution is 2.23. The Bertz CT molecular complexity index is 465. The molecule has 2 aliphatic heterocycles. The molecule has 0 N–H and O–H groups in total. The molecule has 1 aromatic heterocycles. The summed E-state index contributed by atoms with van der Waals surface area (Å²) in [5.41, 5.74) is 1.17. The third-order valence-electron chi connectivity index (χ3n) is 4.40. The van der Waals surface area contributed by atoms with Gasteiger partial charge in [0.25, 0.3) is 0 Å². The van der Waals surface area contributed by atoms with E-state index in [-0.39, 0.29) is 0 Å². The number of aromatic nitrogens is 2. The number of aryl methyl sites for hydroxylation is 1. The fraction of sp³-hybridized carbons (Fsp3) is 0.667. The van der Waals surface area contributed by atoms with Crippen LogP contribution in [-0.2, 0) is 11.2 Å². The van der Waals surface area contributed by atoms with Crippen LogP contribution in [-0.4, -0.2) is 46.5 Å². The van der Waals surface area contributed by atoms with Gasteiger partial charge in [0.15, 0.2) is 0 Å². The summed E-state index contributed by atoms with van der Waals surface area (Å²) in [5, 5.41) is 0.